The van der Waals surface area contributed by atoms with E-state index in [0.717, 1.165) is 63.2 Å². The zero-order valence-electron chi connectivity index (χ0n) is 93.0. The zero-order valence-corrected chi connectivity index (χ0v) is 93.0. The van der Waals surface area contributed by atoms with Gasteiger partial charge in [0.25, 0.3) is 0 Å². The molecule has 5 saturated carbocycles. The van der Waals surface area contributed by atoms with Crippen molar-refractivity contribution < 1.29 is 168 Å². The minimum atomic E-state index is -5.95. The van der Waals surface area contributed by atoms with Gasteiger partial charge in [-0.2, -0.15) is 96.6 Å². The van der Waals surface area contributed by atoms with Crippen molar-refractivity contribution in [2.45, 2.75) is 555 Å². The van der Waals surface area contributed by atoms with Gasteiger partial charge < -0.3 is 38.3 Å². The highest BCUT2D eigenvalue weighted by Crippen LogP contribution is 2.61. The number of carbonyl (C=O) groups is 7. The number of carbonyl (C=O) groups excluding carboxylic acids is 7. The third-order valence-electron chi connectivity index (χ3n) is 28.7. The fourth-order valence-corrected chi connectivity index (χ4v) is 16.0. The quantitative estimate of drug-likeness (QED) is 0.0288. The van der Waals surface area contributed by atoms with E-state index in [4.69, 9.17) is 18.9 Å². The Morgan fingerprint density at radius 3 is 1.09 bits per heavy atom. The second-order valence-corrected chi connectivity index (χ2v) is 46.0. The van der Waals surface area contributed by atoms with E-state index in [-0.39, 0.29) is 102 Å². The Morgan fingerprint density at radius 1 is 0.395 bits per heavy atom. The molecule has 5 fully saturated rings. The van der Waals surface area contributed by atoms with Gasteiger partial charge in [-0.3, -0.25) is 33.6 Å². The molecule has 0 radical (unpaired) electrons. The van der Waals surface area contributed by atoms with Crippen LogP contribution in [0.15, 0.2) is 0 Å². The summed E-state index contributed by atoms with van der Waals surface area (Å²) in [6.45, 7) is 64.0. The van der Waals surface area contributed by atoms with Crippen molar-refractivity contribution in [3.05, 3.63) is 0 Å². The van der Waals surface area contributed by atoms with Gasteiger partial charge in [0.1, 0.15) is 23.9 Å². The molecule has 0 aromatic heterocycles. The van der Waals surface area contributed by atoms with Gasteiger partial charge >= 0.3 is 96.3 Å². The average Bonchev–Trinajstić information content (AvgIpc) is 0.860. The Bertz CT molecular complexity index is 3610. The van der Waals surface area contributed by atoms with Crippen LogP contribution in [0, 0.1) is 109 Å². The maximum absolute atomic E-state index is 14.1. The number of rotatable bonds is 32. The Morgan fingerprint density at radius 2 is 0.776 bits per heavy atom. The molecule has 0 heterocycles. The Kier molecular flexibility index (Phi) is 69.3. The van der Waals surface area contributed by atoms with Crippen molar-refractivity contribution in [1.82, 2.24) is 0 Å². The van der Waals surface area contributed by atoms with Gasteiger partial charge in [0.2, 0.25) is 0 Å². The molecular formula is C110H200F22O15. The van der Waals surface area contributed by atoms with Crippen LogP contribution >= 0.6 is 0 Å². The third-order valence-corrected chi connectivity index (χ3v) is 28.7. The number of aliphatic hydroxyl groups is 1. The topological polar surface area (TPSA) is 204 Å². The Balaban J connectivity index is -0.000000250. The summed E-state index contributed by atoms with van der Waals surface area (Å²) in [5.41, 5.74) is -11.8. The molecule has 0 aromatic rings. The largest absolute Gasteiger partial charge is 0.462 e. The van der Waals surface area contributed by atoms with Crippen LogP contribution in [0.4, 0.5) is 96.6 Å². The molecule has 2 bridgehead atoms. The van der Waals surface area contributed by atoms with Crippen LogP contribution in [-0.2, 0) is 66.7 Å². The SMILES string of the molecule is C.C.C.C.CCC(C)(C(=O)OC(C(C)C)C(C)C)C(F)(F)F.CCC(C)(C(=O)OC(C)C(F)(F)F)C(=O)OC(C)C(F)(F)F.CCC(C)(C(=O)OC1CC2CC(CC(C)(O)C(F)(F)F)C1C2)C(F)(F)F.CCC(C)(C)C(=O)OC(C)(C)C.CCC(C)(C)C(=O)OC1(F)CCC(F)(F)C(F)(F)C1(F)F.CCC(C)C(=O)OC(C(C)C)C(C)C.CCC(C)C1CCCCC1.CCC(C)CC(C)(C)C.CCC(C)CC1CCCCC1. The van der Waals surface area contributed by atoms with Crippen LogP contribution in [0.2, 0.25) is 0 Å². The van der Waals surface area contributed by atoms with Gasteiger partial charge in [-0.05, 0) is 243 Å². The van der Waals surface area contributed by atoms with Crippen LogP contribution in [-0.4, -0.2) is 143 Å². The first-order chi connectivity index (χ1) is 64.1. The Labute approximate surface area is 871 Å². The summed E-state index contributed by atoms with van der Waals surface area (Å²) >= 11 is 0. The highest BCUT2D eigenvalue weighted by molar-refractivity contribution is 5.99. The standard InChI is InChI=1S/C17H24F6O3.C13H23F3O2.C12H15F7O2.C12H16F6O4.C12H24O2.C11H22.C10H20O2.C10H20.C9H20.4CH4/c1-4-14(2,16(18,19)20)13(24)26-12-7-9-5-10(11(12)6-9)8-15(3,25)17(21,22)23;1-7-12(6,13(14,15)16)11(17)18-10(8(2)3)9(4)5;1-4-8(2,3)7(20)21-10(15)6-5-9(13,14)11(16,17)12(10,18)19;1-5-10(4,8(19)21-6(2)11(13,14)15)9(20)22-7(3)12(16,17)18;1-7-10(6)12(13)14-11(8(2)3)9(4)5;1-3-10(2)9-11-7-5-4-6-8-11;1-7-10(5,6)8(11)12-9(2,3)4;1-3-9(2)10-7-5-4-6-8-10;1-6-8(2)7-9(3,4)5;;;;/h9-12,25H,4-8H2,1-3H3;8-10H,7H2,1-6H3;4-6H2,1-3H3;6-7H,5H2,1-4H3;8-11H,7H2,1-6H3;10-11H,3-9H2,1-2H3;7H2,1-6H3;9-10H,3-8H2,1-2H3;8H,6-7H2,1-5H3;4*1H4. The van der Waals surface area contributed by atoms with Crippen molar-refractivity contribution in [3.8, 4) is 0 Å². The summed E-state index contributed by atoms with van der Waals surface area (Å²) < 4.78 is 317. The molecule has 147 heavy (non-hydrogen) atoms. The Hall–Kier alpha value is -5.29. The van der Waals surface area contributed by atoms with Crippen LogP contribution in [0.25, 0.3) is 0 Å². The lowest BCUT2D eigenvalue weighted by Crippen LogP contribution is -2.69. The molecule has 14 unspecified atom stereocenters. The second-order valence-electron chi connectivity index (χ2n) is 46.0. The number of fused-ring (bicyclic) bond motifs is 2. The molecule has 0 aromatic carbocycles. The van der Waals surface area contributed by atoms with Crippen molar-refractivity contribution in [1.29, 1.82) is 0 Å². The van der Waals surface area contributed by atoms with Crippen LogP contribution in [0.5, 0.6) is 0 Å². The molecule has 5 aliphatic rings. The third kappa shape index (κ3) is 50.9. The summed E-state index contributed by atoms with van der Waals surface area (Å²) in [5, 5.41) is 9.70. The minimum Gasteiger partial charge on any atom is -0.462 e. The minimum absolute atomic E-state index is 0. The first-order valence-electron chi connectivity index (χ1n) is 51.5. The van der Waals surface area contributed by atoms with Gasteiger partial charge in [-0.1, -0.05) is 279 Å². The van der Waals surface area contributed by atoms with E-state index < -0.39 is 174 Å². The van der Waals surface area contributed by atoms with Crippen LogP contribution < -0.4 is 0 Å². The first kappa shape index (κ1) is 157. The monoisotopic (exact) mass is 2180 g/mol. The van der Waals surface area contributed by atoms with E-state index in [1.807, 2.05) is 83.1 Å². The predicted octanol–water partition coefficient (Wildman–Crippen LogP) is 36.2. The van der Waals surface area contributed by atoms with E-state index in [9.17, 15) is 135 Å². The van der Waals surface area contributed by atoms with Gasteiger partial charge in [0, 0.05) is 12.8 Å². The van der Waals surface area contributed by atoms with Crippen molar-refractivity contribution in [2.24, 2.45) is 109 Å². The number of alkyl halides is 22. The molecule has 884 valence electrons. The van der Waals surface area contributed by atoms with Gasteiger partial charge in [-0.15, -0.1) is 0 Å². The lowest BCUT2D eigenvalue weighted by Gasteiger charge is -2.45. The summed E-state index contributed by atoms with van der Waals surface area (Å²) in [6, 6.07) is 0. The fourth-order valence-electron chi connectivity index (χ4n) is 16.0. The lowest BCUT2D eigenvalue weighted by molar-refractivity contribution is -0.409. The van der Waals surface area contributed by atoms with E-state index in [2.05, 4.69) is 104 Å². The molecule has 1 N–H and O–H groups in total. The van der Waals surface area contributed by atoms with E-state index in [1.54, 1.807) is 0 Å². The van der Waals surface area contributed by atoms with E-state index >= 15 is 0 Å². The molecule has 15 nitrogen and oxygen atoms in total. The van der Waals surface area contributed by atoms with Crippen molar-refractivity contribution in [3.63, 3.8) is 0 Å². The molecule has 0 aliphatic heterocycles. The highest BCUT2D eigenvalue weighted by atomic mass is 19.4. The zero-order chi connectivity index (χ0) is 114. The summed E-state index contributed by atoms with van der Waals surface area (Å²) in [6.07, 6.45) is -10.5. The molecule has 0 saturated heterocycles. The average molecular weight is 2180 g/mol. The van der Waals surface area contributed by atoms with Gasteiger partial charge in [-0.25, -0.2) is 0 Å². The molecule has 5 rings (SSSR count). The van der Waals surface area contributed by atoms with Crippen LogP contribution in [0.1, 0.15) is 459 Å². The smallest absolute Gasteiger partial charge is 0.425 e. The maximum atomic E-state index is 14.1. The summed E-state index contributed by atoms with van der Waals surface area (Å²) in [4.78, 5) is 82.1. The number of hydrogen-bond acceptors (Lipinski definition) is 15. The number of ether oxygens (including phenoxy) is 7. The summed E-state index contributed by atoms with van der Waals surface area (Å²) in [7, 11) is 0. The highest BCUT2D eigenvalue weighted by Gasteiger charge is 2.84. The van der Waals surface area contributed by atoms with E-state index in [0.29, 0.717) is 57.3 Å². The lowest BCUT2D eigenvalue weighted by atomic mass is 9.79. The first-order valence-corrected chi connectivity index (χ1v) is 51.5. The van der Waals surface area contributed by atoms with Gasteiger partial charge in [0.05, 0.1) is 16.7 Å². The van der Waals surface area contributed by atoms with Gasteiger partial charge in [0.15, 0.2) is 34.1 Å². The molecule has 0 amide bonds. The fraction of sp³-hybridized carbons (Fsp3) is 0.936. The normalized spacial score (nSPS) is 21.8. The molecule has 5 aliphatic carbocycles. The van der Waals surface area contributed by atoms with Crippen LogP contribution in [0.3, 0.4) is 0 Å². The van der Waals surface area contributed by atoms with Crippen molar-refractivity contribution >= 4 is 41.8 Å². The maximum Gasteiger partial charge on any atom is 0.425 e. The predicted molar refractivity (Wildman–Crippen MR) is 540 cm³/mol. The second kappa shape index (κ2) is 64.9. The van der Waals surface area contributed by atoms with Crippen molar-refractivity contribution in [2.75, 3.05) is 0 Å². The number of esters is 7. The van der Waals surface area contributed by atoms with E-state index in [1.165, 1.54) is 138 Å². The molecular weight excluding hydrogens is 1980 g/mol. The number of hydrogen-bond donors (Lipinski definition) is 1. The summed E-state index contributed by atoms with van der Waals surface area (Å²) in [5.74, 6) is -24.0. The molecule has 37 heteroatoms. The molecule has 0 spiro atoms. The number of halogens is 22. The molecule has 14 atom stereocenters.